The first-order valence-corrected chi connectivity index (χ1v) is 14.4. The number of benzene rings is 1. The first kappa shape index (κ1) is 25.9. The number of nitrogens with zero attached hydrogens (tertiary/aromatic N) is 2. The van der Waals surface area contributed by atoms with Crippen molar-refractivity contribution in [3.05, 3.63) is 75.4 Å². The minimum atomic E-state index is -4.09. The molecule has 12 heteroatoms. The van der Waals surface area contributed by atoms with Gasteiger partial charge in [-0.05, 0) is 54.3 Å². The van der Waals surface area contributed by atoms with Crippen LogP contribution >= 0.6 is 11.3 Å². The summed E-state index contributed by atoms with van der Waals surface area (Å²) in [5, 5.41) is 24.1. The quantitative estimate of drug-likeness (QED) is 0.312. The van der Waals surface area contributed by atoms with Crippen LogP contribution in [-0.4, -0.2) is 54.6 Å². The Balaban J connectivity index is 1.34. The highest BCUT2D eigenvalue weighted by atomic mass is 32.2. The Kier molecular flexibility index (Phi) is 7.14. The van der Waals surface area contributed by atoms with Gasteiger partial charge >= 0.3 is 10.3 Å². The molecular weight excluding hydrogens is 514 g/mol. The molecule has 2 aromatic heterocycles. The first-order chi connectivity index (χ1) is 17.6. The van der Waals surface area contributed by atoms with E-state index in [1.165, 1.54) is 35.0 Å². The van der Waals surface area contributed by atoms with Crippen molar-refractivity contribution in [3.63, 3.8) is 0 Å². The van der Waals surface area contributed by atoms with Gasteiger partial charge in [0, 0.05) is 24.7 Å². The number of carbonyl (C=O) groups excluding carboxylic acids is 1. The van der Waals surface area contributed by atoms with Crippen molar-refractivity contribution in [2.45, 2.75) is 43.9 Å². The maximum absolute atomic E-state index is 13.5. The molecule has 0 bridgehead atoms. The van der Waals surface area contributed by atoms with Crippen molar-refractivity contribution in [3.8, 4) is 0 Å². The Morgan fingerprint density at radius 3 is 2.97 bits per heavy atom. The number of aliphatic hydroxyl groups is 1. The molecule has 5 N–H and O–H groups in total. The number of nitrogens with one attached hydrogen (secondary N) is 2. The molecule has 1 aliphatic heterocycles. The topological polar surface area (TPSA) is 157 Å². The van der Waals surface area contributed by atoms with Crippen molar-refractivity contribution in [2.75, 3.05) is 18.5 Å². The number of aliphatic hydroxyl groups excluding tert-OH is 1. The third-order valence-corrected chi connectivity index (χ3v) is 8.62. The van der Waals surface area contributed by atoms with Crippen LogP contribution in [0.4, 0.5) is 5.82 Å². The van der Waals surface area contributed by atoms with Crippen LogP contribution in [0.5, 0.6) is 0 Å². The van der Waals surface area contributed by atoms with Crippen molar-refractivity contribution in [1.82, 2.24) is 15.3 Å². The lowest BCUT2D eigenvalue weighted by molar-refractivity contribution is 0.101. The van der Waals surface area contributed by atoms with Gasteiger partial charge in [-0.2, -0.15) is 8.42 Å². The van der Waals surface area contributed by atoms with Gasteiger partial charge in [0.05, 0.1) is 28.7 Å². The highest BCUT2D eigenvalue weighted by Gasteiger charge is 2.36. The molecule has 1 aliphatic carbocycles. The number of anilines is 1. The number of rotatable bonds is 8. The molecule has 1 aromatic carbocycles. The van der Waals surface area contributed by atoms with Crippen LogP contribution in [0.3, 0.4) is 0 Å². The maximum Gasteiger partial charge on any atom is 0.333 e. The summed E-state index contributed by atoms with van der Waals surface area (Å²) >= 11 is 1.38. The minimum Gasteiger partial charge on any atom is -0.393 e. The molecule has 0 saturated heterocycles. The summed E-state index contributed by atoms with van der Waals surface area (Å²) < 4.78 is 26.9. The molecule has 10 nitrogen and oxygen atoms in total. The van der Waals surface area contributed by atoms with Crippen molar-refractivity contribution >= 4 is 33.2 Å². The van der Waals surface area contributed by atoms with E-state index in [1.54, 1.807) is 0 Å². The number of carbonyl (C=O) groups is 1. The van der Waals surface area contributed by atoms with Gasteiger partial charge in [-0.1, -0.05) is 24.3 Å². The first-order valence-electron chi connectivity index (χ1n) is 12.0. The second-order valence-electron chi connectivity index (χ2n) is 9.69. The Morgan fingerprint density at radius 2 is 2.16 bits per heavy atom. The SMILES string of the molecule is CC1(c2csc(C(=O)c3cncnc3N[C@@H]3C[C@H](COS(N)(=O)=O)[C@@H](O)C3)c2)NCCc2ccccc21. The van der Waals surface area contributed by atoms with Crippen molar-refractivity contribution in [2.24, 2.45) is 11.1 Å². The lowest BCUT2D eigenvalue weighted by Gasteiger charge is -2.37. The average Bonchev–Trinajstić information content (AvgIpc) is 3.50. The van der Waals surface area contributed by atoms with Gasteiger partial charge in [-0.15, -0.1) is 11.3 Å². The van der Waals surface area contributed by atoms with E-state index in [0.717, 1.165) is 18.5 Å². The van der Waals surface area contributed by atoms with Crippen LogP contribution in [0, 0.1) is 5.92 Å². The predicted octanol–water partition coefficient (Wildman–Crippen LogP) is 1.95. The van der Waals surface area contributed by atoms with E-state index < -0.39 is 27.9 Å². The van der Waals surface area contributed by atoms with E-state index in [-0.39, 0.29) is 18.4 Å². The molecule has 1 fully saturated rings. The Bertz CT molecular complexity index is 1410. The van der Waals surface area contributed by atoms with Crippen LogP contribution in [0.15, 0.2) is 48.2 Å². The van der Waals surface area contributed by atoms with Gasteiger partial charge in [0.2, 0.25) is 5.78 Å². The highest BCUT2D eigenvalue weighted by molar-refractivity contribution is 7.84. The molecule has 4 atom stereocenters. The van der Waals surface area contributed by atoms with E-state index in [4.69, 9.17) is 5.14 Å². The molecule has 1 saturated carbocycles. The van der Waals surface area contributed by atoms with E-state index in [1.807, 2.05) is 17.5 Å². The zero-order chi connectivity index (χ0) is 26.2. The number of hydrogen-bond donors (Lipinski definition) is 4. The lowest BCUT2D eigenvalue weighted by Crippen LogP contribution is -2.45. The summed E-state index contributed by atoms with van der Waals surface area (Å²) in [6, 6.07) is 10.1. The van der Waals surface area contributed by atoms with Crippen LogP contribution in [0.2, 0.25) is 0 Å². The zero-order valence-electron chi connectivity index (χ0n) is 20.3. The van der Waals surface area contributed by atoms with Crippen LogP contribution in [-0.2, 0) is 26.4 Å². The predicted molar refractivity (Wildman–Crippen MR) is 140 cm³/mol. The zero-order valence-corrected chi connectivity index (χ0v) is 21.9. The molecule has 0 spiro atoms. The van der Waals surface area contributed by atoms with Gasteiger partial charge in [-0.3, -0.25) is 8.98 Å². The second-order valence-corrected chi connectivity index (χ2v) is 11.8. The number of aromatic nitrogens is 2. The molecule has 3 aromatic rings. The number of nitrogens with two attached hydrogens (primary N) is 1. The van der Waals surface area contributed by atoms with Crippen molar-refractivity contribution < 1.29 is 22.5 Å². The van der Waals surface area contributed by atoms with Gasteiger partial charge in [0.1, 0.15) is 12.1 Å². The second kappa shape index (κ2) is 10.2. The van der Waals surface area contributed by atoms with E-state index >= 15 is 0 Å². The van der Waals surface area contributed by atoms with Crippen LogP contribution in [0.1, 0.15) is 51.7 Å². The summed E-state index contributed by atoms with van der Waals surface area (Å²) in [6.07, 6.45) is 3.81. The Morgan fingerprint density at radius 1 is 1.35 bits per heavy atom. The molecule has 37 heavy (non-hydrogen) atoms. The fourth-order valence-corrected chi connectivity index (χ4v) is 6.60. The lowest BCUT2D eigenvalue weighted by atomic mass is 9.80. The third kappa shape index (κ3) is 5.44. The van der Waals surface area contributed by atoms with Gasteiger partial charge in [0.25, 0.3) is 0 Å². The molecule has 3 heterocycles. The fourth-order valence-electron chi connectivity index (χ4n) is 5.26. The van der Waals surface area contributed by atoms with E-state index in [0.29, 0.717) is 29.1 Å². The normalized spacial score (nSPS) is 25.5. The summed E-state index contributed by atoms with van der Waals surface area (Å²) in [7, 11) is -4.09. The largest absolute Gasteiger partial charge is 0.393 e. The number of hydrogen-bond acceptors (Lipinski definition) is 10. The molecule has 2 aliphatic rings. The number of thiophene rings is 1. The van der Waals surface area contributed by atoms with Crippen molar-refractivity contribution in [1.29, 1.82) is 0 Å². The summed E-state index contributed by atoms with van der Waals surface area (Å²) in [6.45, 7) is 2.78. The summed E-state index contributed by atoms with van der Waals surface area (Å²) in [5.41, 5.74) is 3.47. The van der Waals surface area contributed by atoms with E-state index in [9.17, 15) is 18.3 Å². The maximum atomic E-state index is 13.5. The van der Waals surface area contributed by atoms with Gasteiger partial charge < -0.3 is 15.7 Å². The molecule has 1 unspecified atom stereocenters. The minimum absolute atomic E-state index is 0.195. The summed E-state index contributed by atoms with van der Waals surface area (Å²) in [5.74, 6) is -0.240. The number of ketones is 1. The van der Waals surface area contributed by atoms with Gasteiger partial charge in [0.15, 0.2) is 0 Å². The standard InChI is InChI=1S/C25H29N5O5S2/c1-25(20-5-3-2-4-15(20)6-7-29-25)17-9-22(36-13-17)23(32)19-11-27-14-28-24(19)30-18-8-16(21(31)10-18)12-35-37(26,33)34/h2-5,9,11,13-14,16,18,21,29,31H,6-8,10,12H2,1H3,(H2,26,33,34)(H,27,28,30)/t16-,18-,21+,25?/m1/s1. The number of fused-ring (bicyclic) bond motifs is 1. The van der Waals surface area contributed by atoms with E-state index in [2.05, 4.69) is 49.9 Å². The average molecular weight is 544 g/mol. The monoisotopic (exact) mass is 543 g/mol. The summed E-state index contributed by atoms with van der Waals surface area (Å²) in [4.78, 5) is 22.5. The molecule has 5 rings (SSSR count). The molecular formula is C25H29N5O5S2. The Hall–Kier alpha value is -2.74. The Labute approximate surface area is 219 Å². The highest BCUT2D eigenvalue weighted by Crippen LogP contribution is 2.37. The smallest absolute Gasteiger partial charge is 0.333 e. The van der Waals surface area contributed by atoms with Crippen LogP contribution in [0.25, 0.3) is 0 Å². The molecule has 0 radical (unpaired) electrons. The third-order valence-electron chi connectivity index (χ3n) is 7.23. The fraction of sp³-hybridized carbons (Fsp3) is 0.400. The molecule has 196 valence electrons. The molecule has 0 amide bonds. The van der Waals surface area contributed by atoms with Gasteiger partial charge in [-0.25, -0.2) is 15.1 Å². The van der Waals surface area contributed by atoms with Crippen LogP contribution < -0.4 is 15.8 Å².